The first-order chi connectivity index (χ1) is 10.1. The molecular formula is C18H22FNO. The molecule has 2 aromatic rings. The summed E-state index contributed by atoms with van der Waals surface area (Å²) < 4.78 is 19.2. The highest BCUT2D eigenvalue weighted by molar-refractivity contribution is 5.44. The zero-order chi connectivity index (χ0) is 15.2. The maximum Gasteiger partial charge on any atom is 0.146 e. The van der Waals surface area contributed by atoms with Gasteiger partial charge in [-0.3, -0.25) is 0 Å². The van der Waals surface area contributed by atoms with E-state index in [0.29, 0.717) is 24.8 Å². The van der Waals surface area contributed by atoms with Crippen molar-refractivity contribution in [3.8, 4) is 5.75 Å². The van der Waals surface area contributed by atoms with Crippen LogP contribution < -0.4 is 10.1 Å². The van der Waals surface area contributed by atoms with Crippen molar-refractivity contribution in [2.24, 2.45) is 0 Å². The maximum atomic E-state index is 13.4. The quantitative estimate of drug-likeness (QED) is 0.774. The predicted molar refractivity (Wildman–Crippen MR) is 85.7 cm³/mol. The Kier molecular flexibility index (Phi) is 5.20. The monoisotopic (exact) mass is 287 g/mol. The molecule has 0 fully saturated rings. The van der Waals surface area contributed by atoms with Crippen molar-refractivity contribution >= 4 is 5.69 Å². The van der Waals surface area contributed by atoms with Crippen LogP contribution in [-0.2, 0) is 0 Å². The number of rotatable bonds is 6. The molecule has 0 bridgehead atoms. The molecule has 2 nitrogen and oxygen atoms in total. The van der Waals surface area contributed by atoms with Crippen molar-refractivity contribution in [1.29, 1.82) is 0 Å². The standard InChI is InChI=1S/C18H22FNO/c1-13(2)15-10-14(3)11-16(12-15)21-9-8-20-18-7-5-4-6-17(18)19/h4-7,10-13,20H,8-9H2,1-3H3. The number of nitrogens with one attached hydrogen (secondary N) is 1. The lowest BCUT2D eigenvalue weighted by molar-refractivity contribution is 0.332. The minimum atomic E-state index is -0.241. The number of aryl methyl sites for hydroxylation is 1. The predicted octanol–water partition coefficient (Wildman–Crippen LogP) is 4.75. The molecule has 0 heterocycles. The first-order valence-electron chi connectivity index (χ1n) is 7.29. The van der Waals surface area contributed by atoms with Crippen LogP contribution in [0.3, 0.4) is 0 Å². The van der Waals surface area contributed by atoms with Gasteiger partial charge in [0, 0.05) is 6.54 Å². The lowest BCUT2D eigenvalue weighted by Crippen LogP contribution is -2.12. The minimum absolute atomic E-state index is 0.241. The zero-order valence-electron chi connectivity index (χ0n) is 12.8. The number of ether oxygens (including phenoxy) is 1. The summed E-state index contributed by atoms with van der Waals surface area (Å²) in [6.45, 7) is 7.45. The van der Waals surface area contributed by atoms with Crippen LogP contribution in [0.5, 0.6) is 5.75 Å². The lowest BCUT2D eigenvalue weighted by atomic mass is 10.0. The Hall–Kier alpha value is -2.03. The number of para-hydroxylation sites is 1. The smallest absolute Gasteiger partial charge is 0.146 e. The van der Waals surface area contributed by atoms with Gasteiger partial charge in [-0.05, 0) is 48.2 Å². The van der Waals surface area contributed by atoms with E-state index in [2.05, 4.69) is 38.2 Å². The number of hydrogen-bond acceptors (Lipinski definition) is 2. The molecule has 112 valence electrons. The Morgan fingerprint density at radius 3 is 2.62 bits per heavy atom. The van der Waals surface area contributed by atoms with Crippen LogP contribution in [0.25, 0.3) is 0 Å². The van der Waals surface area contributed by atoms with Crippen molar-refractivity contribution in [1.82, 2.24) is 0 Å². The molecule has 2 rings (SSSR count). The minimum Gasteiger partial charge on any atom is -0.492 e. The summed E-state index contributed by atoms with van der Waals surface area (Å²) in [6.07, 6.45) is 0. The zero-order valence-corrected chi connectivity index (χ0v) is 12.8. The third kappa shape index (κ3) is 4.48. The molecule has 3 heteroatoms. The molecule has 0 aliphatic heterocycles. The molecule has 0 saturated carbocycles. The molecule has 0 aliphatic carbocycles. The number of halogens is 1. The van der Waals surface area contributed by atoms with Crippen LogP contribution in [-0.4, -0.2) is 13.2 Å². The van der Waals surface area contributed by atoms with E-state index in [-0.39, 0.29) is 5.82 Å². The van der Waals surface area contributed by atoms with E-state index >= 15 is 0 Å². The molecule has 2 aromatic carbocycles. The highest BCUT2D eigenvalue weighted by atomic mass is 19.1. The second kappa shape index (κ2) is 7.11. The molecule has 21 heavy (non-hydrogen) atoms. The lowest BCUT2D eigenvalue weighted by Gasteiger charge is -2.12. The summed E-state index contributed by atoms with van der Waals surface area (Å²) in [7, 11) is 0. The van der Waals surface area contributed by atoms with Gasteiger partial charge in [0.25, 0.3) is 0 Å². The van der Waals surface area contributed by atoms with Gasteiger partial charge in [0.05, 0.1) is 5.69 Å². The van der Waals surface area contributed by atoms with E-state index in [4.69, 9.17) is 4.74 Å². The van der Waals surface area contributed by atoms with Gasteiger partial charge in [-0.15, -0.1) is 0 Å². The molecule has 0 spiro atoms. The summed E-state index contributed by atoms with van der Waals surface area (Å²) in [4.78, 5) is 0. The normalized spacial score (nSPS) is 10.7. The van der Waals surface area contributed by atoms with Crippen LogP contribution in [0.15, 0.2) is 42.5 Å². The second-order valence-corrected chi connectivity index (χ2v) is 5.49. The number of benzene rings is 2. The van der Waals surface area contributed by atoms with E-state index in [0.717, 1.165) is 5.75 Å². The average molecular weight is 287 g/mol. The van der Waals surface area contributed by atoms with E-state index < -0.39 is 0 Å². The number of hydrogen-bond donors (Lipinski definition) is 1. The molecule has 0 amide bonds. The molecule has 0 aliphatic rings. The maximum absolute atomic E-state index is 13.4. The van der Waals surface area contributed by atoms with Crippen LogP contribution in [0, 0.1) is 12.7 Å². The molecular weight excluding hydrogens is 265 g/mol. The Morgan fingerprint density at radius 1 is 1.14 bits per heavy atom. The van der Waals surface area contributed by atoms with E-state index in [1.165, 1.54) is 17.2 Å². The van der Waals surface area contributed by atoms with Crippen molar-refractivity contribution in [3.63, 3.8) is 0 Å². The Morgan fingerprint density at radius 2 is 1.90 bits per heavy atom. The first kappa shape index (κ1) is 15.4. The van der Waals surface area contributed by atoms with Crippen molar-refractivity contribution in [2.45, 2.75) is 26.7 Å². The molecule has 0 unspecified atom stereocenters. The SMILES string of the molecule is Cc1cc(OCCNc2ccccc2F)cc(C(C)C)c1. The van der Waals surface area contributed by atoms with Crippen LogP contribution in [0.4, 0.5) is 10.1 Å². The highest BCUT2D eigenvalue weighted by Gasteiger charge is 2.04. The van der Waals surface area contributed by atoms with Crippen LogP contribution in [0.1, 0.15) is 30.9 Å². The van der Waals surface area contributed by atoms with Gasteiger partial charge in [0.1, 0.15) is 18.2 Å². The average Bonchev–Trinajstić information content (AvgIpc) is 2.44. The molecule has 0 atom stereocenters. The molecule has 0 saturated heterocycles. The Bertz CT molecular complexity index is 596. The Balaban J connectivity index is 1.88. The summed E-state index contributed by atoms with van der Waals surface area (Å²) in [5.41, 5.74) is 2.97. The summed E-state index contributed by atoms with van der Waals surface area (Å²) in [6, 6.07) is 12.9. The summed E-state index contributed by atoms with van der Waals surface area (Å²) in [5.74, 6) is 1.10. The molecule has 1 N–H and O–H groups in total. The van der Waals surface area contributed by atoms with Crippen LogP contribution in [0.2, 0.25) is 0 Å². The van der Waals surface area contributed by atoms with Crippen molar-refractivity contribution < 1.29 is 9.13 Å². The van der Waals surface area contributed by atoms with Gasteiger partial charge in [0.2, 0.25) is 0 Å². The third-order valence-corrected chi connectivity index (χ3v) is 3.30. The molecule has 0 aromatic heterocycles. The van der Waals surface area contributed by atoms with E-state index in [1.807, 2.05) is 12.1 Å². The van der Waals surface area contributed by atoms with Gasteiger partial charge in [-0.1, -0.05) is 32.0 Å². The Labute approximate surface area is 126 Å². The largest absolute Gasteiger partial charge is 0.492 e. The van der Waals surface area contributed by atoms with Crippen molar-refractivity contribution in [2.75, 3.05) is 18.5 Å². The highest BCUT2D eigenvalue weighted by Crippen LogP contribution is 2.22. The fraction of sp³-hybridized carbons (Fsp3) is 0.333. The summed E-state index contributed by atoms with van der Waals surface area (Å²) in [5, 5.41) is 3.04. The van der Waals surface area contributed by atoms with E-state index in [1.54, 1.807) is 12.1 Å². The van der Waals surface area contributed by atoms with Gasteiger partial charge in [-0.2, -0.15) is 0 Å². The van der Waals surface area contributed by atoms with Gasteiger partial charge in [-0.25, -0.2) is 4.39 Å². The van der Waals surface area contributed by atoms with Crippen molar-refractivity contribution in [3.05, 3.63) is 59.4 Å². The van der Waals surface area contributed by atoms with E-state index in [9.17, 15) is 4.39 Å². The fourth-order valence-electron chi connectivity index (χ4n) is 2.15. The van der Waals surface area contributed by atoms with Gasteiger partial charge < -0.3 is 10.1 Å². The van der Waals surface area contributed by atoms with Gasteiger partial charge in [0.15, 0.2) is 0 Å². The number of anilines is 1. The van der Waals surface area contributed by atoms with Crippen LogP contribution >= 0.6 is 0 Å². The summed E-state index contributed by atoms with van der Waals surface area (Å²) >= 11 is 0. The molecule has 0 radical (unpaired) electrons. The second-order valence-electron chi connectivity index (χ2n) is 5.49. The van der Waals surface area contributed by atoms with Gasteiger partial charge >= 0.3 is 0 Å². The first-order valence-corrected chi connectivity index (χ1v) is 7.29. The third-order valence-electron chi connectivity index (χ3n) is 3.30. The topological polar surface area (TPSA) is 21.3 Å². The fourth-order valence-corrected chi connectivity index (χ4v) is 2.15.